The van der Waals surface area contributed by atoms with Crippen LogP contribution in [0.15, 0.2) is 24.3 Å². The molecule has 1 aromatic heterocycles. The highest BCUT2D eigenvalue weighted by Crippen LogP contribution is 2.33. The summed E-state index contributed by atoms with van der Waals surface area (Å²) in [4.78, 5) is 41.5. The number of nitrogens with one attached hydrogen (secondary N) is 3. The van der Waals surface area contributed by atoms with Gasteiger partial charge in [0.2, 0.25) is 11.8 Å². The summed E-state index contributed by atoms with van der Waals surface area (Å²) in [6.07, 6.45) is 6.07. The van der Waals surface area contributed by atoms with Crippen molar-refractivity contribution in [2.45, 2.75) is 57.4 Å². The van der Waals surface area contributed by atoms with Gasteiger partial charge >= 0.3 is 0 Å². The molecule has 3 N–H and O–H groups in total. The minimum Gasteiger partial charge on any atom is -0.496 e. The number of rotatable bonds is 10. The monoisotopic (exact) mass is 464 g/mol. The highest BCUT2D eigenvalue weighted by atomic mass is 16.5. The Kier molecular flexibility index (Phi) is 7.51. The Morgan fingerprint density at radius 3 is 2.71 bits per heavy atom. The topological polar surface area (TPSA) is 124 Å². The summed E-state index contributed by atoms with van der Waals surface area (Å²) < 4.78 is 5.39. The first-order chi connectivity index (χ1) is 16.5. The number of amides is 2. The van der Waals surface area contributed by atoms with Crippen molar-refractivity contribution in [1.82, 2.24) is 15.6 Å². The molecule has 1 saturated carbocycles. The van der Waals surface area contributed by atoms with Crippen molar-refractivity contribution in [1.29, 1.82) is 5.26 Å². The number of aromatic amines is 1. The van der Waals surface area contributed by atoms with Gasteiger partial charge in [-0.25, -0.2) is 0 Å². The van der Waals surface area contributed by atoms with Crippen LogP contribution in [0.1, 0.15) is 61.9 Å². The van der Waals surface area contributed by atoms with Crippen molar-refractivity contribution < 1.29 is 19.1 Å². The first-order valence-corrected chi connectivity index (χ1v) is 12.1. The normalized spacial score (nSPS) is 20.0. The van der Waals surface area contributed by atoms with E-state index in [-0.39, 0.29) is 29.9 Å². The second-order valence-electron chi connectivity index (χ2n) is 9.52. The molecule has 8 nitrogen and oxygen atoms in total. The zero-order chi connectivity index (χ0) is 24.1. The molecular weight excluding hydrogens is 432 g/mol. The quantitative estimate of drug-likeness (QED) is 0.465. The molecule has 34 heavy (non-hydrogen) atoms. The van der Waals surface area contributed by atoms with Crippen LogP contribution in [0.3, 0.4) is 0 Å². The zero-order valence-corrected chi connectivity index (χ0v) is 19.6. The van der Waals surface area contributed by atoms with Crippen LogP contribution in [-0.2, 0) is 9.59 Å². The molecule has 0 unspecified atom stereocenters. The van der Waals surface area contributed by atoms with Gasteiger partial charge in [0.05, 0.1) is 18.9 Å². The Morgan fingerprint density at radius 1 is 1.24 bits per heavy atom. The Morgan fingerprint density at radius 2 is 2.03 bits per heavy atom. The molecule has 4 rings (SSSR count). The number of carbonyl (C=O) groups excluding carboxylic acids is 3. The highest BCUT2D eigenvalue weighted by molar-refractivity contribution is 6.02. The number of carbonyl (C=O) groups is 3. The number of hydrogen-bond acceptors (Lipinski definition) is 5. The molecule has 2 fully saturated rings. The summed E-state index contributed by atoms with van der Waals surface area (Å²) in [5, 5.41) is 16.0. The molecule has 0 radical (unpaired) electrons. The molecule has 0 spiro atoms. The van der Waals surface area contributed by atoms with Gasteiger partial charge in [-0.2, -0.15) is 5.26 Å². The standard InChI is InChI=1S/C26H32N4O4/c1-34-24-8-4-7-21-20(24)14-22(30-21)23(31)13-18(11-16-5-2-3-6-16)26(33)29-19(15-27)12-17-9-10-28-25(17)32/h4,7-8,14,16-19,30H,2-3,5-6,9-13H2,1H3,(H,28,32)(H,29,33)/t17-,18+,19-/m0/s1. The summed E-state index contributed by atoms with van der Waals surface area (Å²) in [6.45, 7) is 0.601. The van der Waals surface area contributed by atoms with Gasteiger partial charge in [0.1, 0.15) is 11.8 Å². The van der Waals surface area contributed by atoms with E-state index in [2.05, 4.69) is 21.7 Å². The Bertz CT molecular complexity index is 1100. The SMILES string of the molecule is COc1cccc2[nH]c(C(=O)C[C@@H](CC3CCCC3)C(=O)N[C@H](C#N)C[C@@H]3CCNC3=O)cc12. The van der Waals surface area contributed by atoms with E-state index in [1.165, 1.54) is 0 Å². The predicted molar refractivity (Wildman–Crippen MR) is 127 cm³/mol. The lowest BCUT2D eigenvalue weighted by atomic mass is 9.88. The number of nitrogens with zero attached hydrogens (tertiary/aromatic N) is 1. The molecule has 8 heteroatoms. The maximum Gasteiger partial charge on any atom is 0.224 e. The summed E-state index contributed by atoms with van der Waals surface area (Å²) in [6, 6.07) is 8.73. The third kappa shape index (κ3) is 5.41. The number of nitriles is 1. The minimum atomic E-state index is -0.750. The number of benzene rings is 1. The summed E-state index contributed by atoms with van der Waals surface area (Å²) >= 11 is 0. The number of ether oxygens (including phenoxy) is 1. The van der Waals surface area contributed by atoms with Crippen LogP contribution < -0.4 is 15.4 Å². The lowest BCUT2D eigenvalue weighted by molar-refractivity contribution is -0.127. The molecule has 1 aliphatic carbocycles. The molecule has 1 saturated heterocycles. The van der Waals surface area contributed by atoms with Gasteiger partial charge in [-0.15, -0.1) is 0 Å². The van der Waals surface area contributed by atoms with Crippen LogP contribution in [0.2, 0.25) is 0 Å². The molecule has 2 aliphatic rings. The molecule has 2 heterocycles. The Balaban J connectivity index is 1.47. The smallest absolute Gasteiger partial charge is 0.224 e. The third-order valence-corrected chi connectivity index (χ3v) is 7.20. The fourth-order valence-corrected chi connectivity index (χ4v) is 5.31. The van der Waals surface area contributed by atoms with E-state index in [0.29, 0.717) is 43.2 Å². The van der Waals surface area contributed by atoms with Crippen LogP contribution in [-0.4, -0.2) is 42.3 Å². The summed E-state index contributed by atoms with van der Waals surface area (Å²) in [5.41, 5.74) is 1.25. The number of methoxy groups -OCH3 is 1. The van der Waals surface area contributed by atoms with Gasteiger partial charge in [0.25, 0.3) is 0 Å². The average Bonchev–Trinajstić information content (AvgIpc) is 3.59. The van der Waals surface area contributed by atoms with Crippen LogP contribution in [0.25, 0.3) is 10.9 Å². The van der Waals surface area contributed by atoms with Gasteiger partial charge in [-0.1, -0.05) is 31.7 Å². The van der Waals surface area contributed by atoms with E-state index in [4.69, 9.17) is 4.74 Å². The number of hydrogen-bond donors (Lipinski definition) is 3. The predicted octanol–water partition coefficient (Wildman–Crippen LogP) is 3.48. The summed E-state index contributed by atoms with van der Waals surface area (Å²) in [5.74, 6) is -0.174. The first-order valence-electron chi connectivity index (χ1n) is 12.1. The largest absolute Gasteiger partial charge is 0.496 e. The highest BCUT2D eigenvalue weighted by Gasteiger charge is 2.32. The van der Waals surface area contributed by atoms with Gasteiger partial charge < -0.3 is 20.4 Å². The molecule has 1 aliphatic heterocycles. The number of aromatic nitrogens is 1. The molecule has 180 valence electrons. The summed E-state index contributed by atoms with van der Waals surface area (Å²) in [7, 11) is 1.59. The van der Waals surface area contributed by atoms with Crippen molar-refractivity contribution >= 4 is 28.5 Å². The molecule has 1 aromatic carbocycles. The van der Waals surface area contributed by atoms with Crippen LogP contribution in [0, 0.1) is 29.1 Å². The number of fused-ring (bicyclic) bond motifs is 1. The van der Waals surface area contributed by atoms with Crippen molar-refractivity contribution in [3.8, 4) is 11.8 Å². The lowest BCUT2D eigenvalue weighted by Gasteiger charge is -2.22. The van der Waals surface area contributed by atoms with Gasteiger partial charge in [0.15, 0.2) is 5.78 Å². The average molecular weight is 465 g/mol. The zero-order valence-electron chi connectivity index (χ0n) is 19.6. The van der Waals surface area contributed by atoms with Crippen molar-refractivity contribution in [3.05, 3.63) is 30.0 Å². The van der Waals surface area contributed by atoms with Crippen molar-refractivity contribution in [2.24, 2.45) is 17.8 Å². The molecule has 2 aromatic rings. The van der Waals surface area contributed by atoms with Crippen LogP contribution in [0.4, 0.5) is 0 Å². The van der Waals surface area contributed by atoms with Crippen molar-refractivity contribution in [2.75, 3.05) is 13.7 Å². The van der Waals surface area contributed by atoms with Crippen LogP contribution >= 0.6 is 0 Å². The minimum absolute atomic E-state index is 0.0681. The molecule has 3 atom stereocenters. The second-order valence-corrected chi connectivity index (χ2v) is 9.52. The van der Waals surface area contributed by atoms with Crippen LogP contribution in [0.5, 0.6) is 5.75 Å². The van der Waals surface area contributed by atoms with Crippen molar-refractivity contribution in [3.63, 3.8) is 0 Å². The Hall–Kier alpha value is -3.34. The number of H-pyrrole nitrogens is 1. The molecular formula is C26H32N4O4. The fraction of sp³-hybridized carbons (Fsp3) is 0.538. The maximum absolute atomic E-state index is 13.2. The van der Waals surface area contributed by atoms with Gasteiger partial charge in [-0.3, -0.25) is 14.4 Å². The van der Waals surface area contributed by atoms with Gasteiger partial charge in [0, 0.05) is 35.7 Å². The lowest BCUT2D eigenvalue weighted by Crippen LogP contribution is -2.41. The van der Waals surface area contributed by atoms with Gasteiger partial charge in [-0.05, 0) is 43.4 Å². The Labute approximate surface area is 199 Å². The van der Waals surface area contributed by atoms with E-state index in [0.717, 1.165) is 36.6 Å². The van der Waals surface area contributed by atoms with E-state index in [1.54, 1.807) is 13.2 Å². The van der Waals surface area contributed by atoms with E-state index >= 15 is 0 Å². The number of Topliss-reactive ketones (excluding diaryl/α,β-unsaturated/α-hetero) is 1. The van der Waals surface area contributed by atoms with E-state index < -0.39 is 12.0 Å². The first kappa shape index (κ1) is 23.8. The maximum atomic E-state index is 13.2. The molecule has 0 bridgehead atoms. The third-order valence-electron chi connectivity index (χ3n) is 7.20. The molecule has 2 amide bonds. The van der Waals surface area contributed by atoms with E-state index in [9.17, 15) is 19.6 Å². The van der Waals surface area contributed by atoms with E-state index in [1.807, 2.05) is 18.2 Å². The second kappa shape index (κ2) is 10.7. The fourth-order valence-electron chi connectivity index (χ4n) is 5.31. The number of ketones is 1.